The van der Waals surface area contributed by atoms with Crippen LogP contribution in [0.5, 0.6) is 0 Å². The standard InChI is InChI=1S/C44H69NO12/c1-10-13-31-19-25(2)18-26(3)20-37(54-8)40-38(55-9)22-28(5)44(52,57-40)41(49)42(50)45-17-12-11-14-32(45)43(51)56-39(29(6)34(47)24-35(31)48)27(4)21-30-15-16-33(46)36(23-30)53-7/h10,19,21,26,28-34,36-40,46-47,52H,1,11-18,20,22-24H2,2-9H3/b25-19-,27-21+/t26-,28+,29+,30-,31+,32-,33+,34-,36+,37-,38-,39?,40+,44+/m0/s1. The van der Waals surface area contributed by atoms with Crippen LogP contribution >= 0.6 is 0 Å². The predicted molar refractivity (Wildman–Crippen MR) is 213 cm³/mol. The Morgan fingerprint density at radius 3 is 2.25 bits per heavy atom. The lowest BCUT2D eigenvalue weighted by Crippen LogP contribution is -2.64. The Bertz CT molecular complexity index is 1480. The summed E-state index contributed by atoms with van der Waals surface area (Å²) in [6.45, 7) is 13.1. The Hall–Kier alpha value is -2.78. The summed E-state index contributed by atoms with van der Waals surface area (Å²) in [5.41, 5.74) is 1.61. The number of rotatable bonds is 7. The number of Topliss-reactive ketones (excluding diaryl/α,β-unsaturated/α-hetero) is 2. The Morgan fingerprint density at radius 2 is 1.60 bits per heavy atom. The number of ketones is 2. The number of allylic oxidation sites excluding steroid dienone is 4. The number of nitrogens with zero attached hydrogens (tertiary/aromatic N) is 1. The van der Waals surface area contributed by atoms with E-state index in [9.17, 15) is 34.5 Å². The van der Waals surface area contributed by atoms with Gasteiger partial charge in [0.15, 0.2) is 0 Å². The van der Waals surface area contributed by atoms with E-state index < -0.39 is 83.9 Å². The van der Waals surface area contributed by atoms with E-state index in [2.05, 4.69) is 6.58 Å². The minimum atomic E-state index is -2.51. The summed E-state index contributed by atoms with van der Waals surface area (Å²) in [4.78, 5) is 57.8. The zero-order chi connectivity index (χ0) is 42.2. The van der Waals surface area contributed by atoms with Gasteiger partial charge in [-0.3, -0.25) is 14.4 Å². The van der Waals surface area contributed by atoms with Crippen molar-refractivity contribution in [3.05, 3.63) is 36.0 Å². The second-order valence-electron chi connectivity index (χ2n) is 17.3. The first-order chi connectivity index (χ1) is 27.0. The van der Waals surface area contributed by atoms with E-state index in [0.29, 0.717) is 56.9 Å². The van der Waals surface area contributed by atoms with Gasteiger partial charge in [-0.25, -0.2) is 4.79 Å². The summed E-state index contributed by atoms with van der Waals surface area (Å²) in [5.74, 6) is -7.76. The van der Waals surface area contributed by atoms with Crippen LogP contribution in [0.2, 0.25) is 0 Å². The van der Waals surface area contributed by atoms with E-state index >= 15 is 0 Å². The number of aliphatic hydroxyl groups excluding tert-OH is 2. The quantitative estimate of drug-likeness (QED) is 0.185. The molecular formula is C44H69NO12. The third-order valence-electron chi connectivity index (χ3n) is 12.9. The first-order valence-corrected chi connectivity index (χ1v) is 20.9. The highest BCUT2D eigenvalue weighted by Crippen LogP contribution is 2.39. The van der Waals surface area contributed by atoms with Crippen LogP contribution in [0.25, 0.3) is 0 Å². The van der Waals surface area contributed by atoms with Crippen LogP contribution in [0.3, 0.4) is 0 Å². The molecule has 14 atom stereocenters. The normalized spacial score (nSPS) is 41.0. The molecule has 4 aliphatic rings. The number of ether oxygens (including phenoxy) is 5. The molecule has 1 saturated carbocycles. The Labute approximate surface area is 339 Å². The first kappa shape index (κ1) is 46.9. The Kier molecular flexibility index (Phi) is 17.2. The van der Waals surface area contributed by atoms with Crippen LogP contribution in [0.15, 0.2) is 36.0 Å². The molecule has 1 unspecified atom stereocenters. The molecule has 0 aromatic carbocycles. The third-order valence-corrected chi connectivity index (χ3v) is 12.9. The van der Waals surface area contributed by atoms with Crippen molar-refractivity contribution in [2.75, 3.05) is 27.9 Å². The second-order valence-corrected chi connectivity index (χ2v) is 17.3. The number of hydrogen-bond donors (Lipinski definition) is 3. The van der Waals surface area contributed by atoms with Gasteiger partial charge in [0.1, 0.15) is 24.0 Å². The van der Waals surface area contributed by atoms with Crippen LogP contribution in [-0.2, 0) is 42.9 Å². The second kappa shape index (κ2) is 21.0. The van der Waals surface area contributed by atoms with Gasteiger partial charge < -0.3 is 43.9 Å². The average molecular weight is 804 g/mol. The van der Waals surface area contributed by atoms with Gasteiger partial charge in [0.25, 0.3) is 11.7 Å². The molecule has 0 radical (unpaired) electrons. The summed E-state index contributed by atoms with van der Waals surface area (Å²) >= 11 is 0. The highest BCUT2D eigenvalue weighted by molar-refractivity contribution is 6.39. The van der Waals surface area contributed by atoms with Gasteiger partial charge in [0.2, 0.25) is 5.79 Å². The van der Waals surface area contributed by atoms with E-state index in [1.807, 2.05) is 32.9 Å². The molecule has 1 amide bonds. The lowest BCUT2D eigenvalue weighted by molar-refractivity contribution is -0.302. The van der Waals surface area contributed by atoms with Crippen LogP contribution in [0.1, 0.15) is 105 Å². The Balaban J connectivity index is 1.78. The maximum atomic E-state index is 14.3. The number of carbonyl (C=O) groups is 4. The molecule has 3 heterocycles. The highest BCUT2D eigenvalue weighted by atomic mass is 16.7. The van der Waals surface area contributed by atoms with Crippen LogP contribution in [0, 0.1) is 29.6 Å². The maximum absolute atomic E-state index is 14.3. The molecule has 13 heteroatoms. The van der Waals surface area contributed by atoms with Crippen molar-refractivity contribution >= 4 is 23.4 Å². The summed E-state index contributed by atoms with van der Waals surface area (Å²) in [5, 5.41) is 34.1. The van der Waals surface area contributed by atoms with Gasteiger partial charge in [-0.15, -0.1) is 6.58 Å². The van der Waals surface area contributed by atoms with Crippen molar-refractivity contribution in [1.29, 1.82) is 0 Å². The molecule has 0 aromatic heterocycles. The number of carbonyl (C=O) groups excluding carboxylic acids is 4. The number of aliphatic hydroxyl groups is 3. The van der Waals surface area contributed by atoms with Crippen LogP contribution in [0.4, 0.5) is 0 Å². The van der Waals surface area contributed by atoms with Crippen LogP contribution in [-0.4, -0.2) is 126 Å². The number of methoxy groups -OCH3 is 3. The fraction of sp³-hybridized carbons (Fsp3) is 0.773. The molecule has 3 fully saturated rings. The number of fused-ring (bicyclic) bond motifs is 3. The summed E-state index contributed by atoms with van der Waals surface area (Å²) in [6.07, 6.45) is 4.93. The Morgan fingerprint density at radius 1 is 0.930 bits per heavy atom. The molecule has 0 spiro atoms. The molecule has 3 N–H and O–H groups in total. The molecule has 1 aliphatic carbocycles. The van der Waals surface area contributed by atoms with Crippen molar-refractivity contribution < 1.29 is 58.2 Å². The maximum Gasteiger partial charge on any atom is 0.329 e. The van der Waals surface area contributed by atoms with Gasteiger partial charge in [0, 0.05) is 52.0 Å². The lowest BCUT2D eigenvalue weighted by atomic mass is 9.81. The monoisotopic (exact) mass is 803 g/mol. The van der Waals surface area contributed by atoms with Crippen molar-refractivity contribution in [2.45, 2.75) is 160 Å². The van der Waals surface area contributed by atoms with Gasteiger partial charge >= 0.3 is 5.97 Å². The SMILES string of the molecule is C=CC[C@@H]1/C=C(/C)C[C@H](C)C[C@H](OC)[C@H]2O[C@@](O)(C(=O)C(=O)N3CCCC[C@H]3C(=O)OC(/C(C)=C/[C@@H]3CC[C@@H](O)[C@H](OC)C3)[C@H](C)[C@@H](O)CC1=O)[C@H](C)C[C@@H]2OC. The average Bonchev–Trinajstić information content (AvgIpc) is 3.18. The highest BCUT2D eigenvalue weighted by Gasteiger charge is 2.56. The minimum Gasteiger partial charge on any atom is -0.456 e. The fourth-order valence-corrected chi connectivity index (χ4v) is 9.42. The van der Waals surface area contributed by atoms with Crippen molar-refractivity contribution in [3.63, 3.8) is 0 Å². The van der Waals surface area contributed by atoms with Gasteiger partial charge in [0.05, 0.1) is 30.5 Å². The molecule has 3 aliphatic heterocycles. The van der Waals surface area contributed by atoms with Crippen molar-refractivity contribution in [1.82, 2.24) is 4.90 Å². The zero-order valence-corrected chi connectivity index (χ0v) is 35.4. The van der Waals surface area contributed by atoms with E-state index in [0.717, 1.165) is 5.57 Å². The van der Waals surface area contributed by atoms with Crippen LogP contribution < -0.4 is 0 Å². The number of piperidine rings is 1. The minimum absolute atomic E-state index is 0.00988. The molecule has 57 heavy (non-hydrogen) atoms. The van der Waals surface area contributed by atoms with Gasteiger partial charge in [-0.2, -0.15) is 0 Å². The topological polar surface area (TPSA) is 178 Å². The van der Waals surface area contributed by atoms with E-state index in [4.69, 9.17) is 23.7 Å². The molecule has 322 valence electrons. The van der Waals surface area contributed by atoms with Gasteiger partial charge in [-0.05, 0) is 95.5 Å². The number of amides is 1. The largest absolute Gasteiger partial charge is 0.456 e. The first-order valence-electron chi connectivity index (χ1n) is 20.9. The third kappa shape index (κ3) is 11.3. The zero-order valence-electron chi connectivity index (χ0n) is 35.4. The molecule has 2 bridgehead atoms. The molecule has 13 nitrogen and oxygen atoms in total. The number of esters is 1. The molecule has 2 saturated heterocycles. The smallest absolute Gasteiger partial charge is 0.329 e. The van der Waals surface area contributed by atoms with Crippen molar-refractivity contribution in [3.8, 4) is 0 Å². The fourth-order valence-electron chi connectivity index (χ4n) is 9.42. The number of cyclic esters (lactones) is 1. The predicted octanol–water partition coefficient (Wildman–Crippen LogP) is 4.64. The summed E-state index contributed by atoms with van der Waals surface area (Å²) in [6, 6.07) is -1.14. The molecule has 4 rings (SSSR count). The molecule has 0 aromatic rings. The van der Waals surface area contributed by atoms with E-state index in [-0.39, 0.29) is 49.5 Å². The van der Waals surface area contributed by atoms with Gasteiger partial charge in [-0.1, -0.05) is 44.6 Å². The molecular weight excluding hydrogens is 734 g/mol. The van der Waals surface area contributed by atoms with E-state index in [1.54, 1.807) is 27.0 Å². The van der Waals surface area contributed by atoms with E-state index in [1.165, 1.54) is 19.1 Å². The lowest BCUT2D eigenvalue weighted by Gasteiger charge is -2.47. The summed E-state index contributed by atoms with van der Waals surface area (Å²) < 4.78 is 29.7. The van der Waals surface area contributed by atoms with Crippen molar-refractivity contribution in [2.24, 2.45) is 29.6 Å². The number of hydrogen-bond acceptors (Lipinski definition) is 12. The summed E-state index contributed by atoms with van der Waals surface area (Å²) in [7, 11) is 4.61.